The van der Waals surface area contributed by atoms with Gasteiger partial charge in [0.2, 0.25) is 0 Å². The molecule has 2 nitrogen and oxygen atoms in total. The van der Waals surface area contributed by atoms with Crippen molar-refractivity contribution >= 4 is 46.1 Å². The van der Waals surface area contributed by atoms with Crippen LogP contribution in [0.25, 0.3) is 11.3 Å². The molecule has 1 N–H and O–H groups in total. The molecule has 5 heteroatoms. The molecule has 2 aromatic carbocycles. The molecular weight excluding hydrogens is 331 g/mol. The highest BCUT2D eigenvalue weighted by molar-refractivity contribution is 6.36. The average Bonchev–Trinajstić information content (AvgIpc) is 2.47. The van der Waals surface area contributed by atoms with Gasteiger partial charge in [0.25, 0.3) is 0 Å². The molecule has 0 aliphatic rings. The first kappa shape index (κ1) is 16.2. The molecule has 0 heterocycles. The van der Waals surface area contributed by atoms with Gasteiger partial charge in [-0.2, -0.15) is 0 Å². The molecule has 0 amide bonds. The van der Waals surface area contributed by atoms with E-state index in [4.69, 9.17) is 39.5 Å². The predicted molar refractivity (Wildman–Crippen MR) is 88.8 cm³/mol. The molecule has 0 bridgehead atoms. The summed E-state index contributed by atoms with van der Waals surface area (Å²) >= 11 is 18.0. The molecule has 0 unspecified atom stereocenters. The molecule has 110 valence electrons. The Morgan fingerprint density at radius 3 is 2.14 bits per heavy atom. The molecule has 0 aliphatic carbocycles. The van der Waals surface area contributed by atoms with E-state index in [1.54, 1.807) is 37.4 Å². The van der Waals surface area contributed by atoms with Crippen LogP contribution in [0.2, 0.25) is 15.1 Å². The van der Waals surface area contributed by atoms with Gasteiger partial charge in [0.05, 0.1) is 13.7 Å². The lowest BCUT2D eigenvalue weighted by molar-refractivity contribution is 0.337. The summed E-state index contributed by atoms with van der Waals surface area (Å²) in [6.45, 7) is -0.215. The summed E-state index contributed by atoms with van der Waals surface area (Å²) in [5.74, 6) is 0.540. The first-order valence-electron chi connectivity index (χ1n) is 6.16. The number of rotatable bonds is 4. The Bertz CT molecular complexity index is 664. The van der Waals surface area contributed by atoms with Crippen LogP contribution in [0.15, 0.2) is 42.5 Å². The van der Waals surface area contributed by atoms with Crippen molar-refractivity contribution in [3.8, 4) is 0 Å². The summed E-state index contributed by atoms with van der Waals surface area (Å²) < 4.78 is 5.45. The van der Waals surface area contributed by atoms with E-state index in [1.807, 2.05) is 12.1 Å². The zero-order valence-electron chi connectivity index (χ0n) is 11.2. The Hall–Kier alpha value is -1.19. The second kappa shape index (κ2) is 7.19. The van der Waals surface area contributed by atoms with Crippen LogP contribution in [0, 0.1) is 0 Å². The van der Waals surface area contributed by atoms with E-state index in [9.17, 15) is 5.11 Å². The van der Waals surface area contributed by atoms with Gasteiger partial charge in [-0.3, -0.25) is 0 Å². The molecule has 2 aromatic rings. The second-order valence-electron chi connectivity index (χ2n) is 4.30. The zero-order valence-corrected chi connectivity index (χ0v) is 13.5. The smallest absolute Gasteiger partial charge is 0.132 e. The van der Waals surface area contributed by atoms with Crippen LogP contribution in [0.4, 0.5) is 0 Å². The molecule has 0 aromatic heterocycles. The highest BCUT2D eigenvalue weighted by atomic mass is 35.5. The molecule has 0 saturated heterocycles. The summed E-state index contributed by atoms with van der Waals surface area (Å²) in [7, 11) is 1.55. The Labute approximate surface area is 138 Å². The number of hydrogen-bond donors (Lipinski definition) is 1. The van der Waals surface area contributed by atoms with Crippen molar-refractivity contribution in [2.75, 3.05) is 13.7 Å². The Balaban J connectivity index is 2.60. The number of hydrogen-bond acceptors (Lipinski definition) is 2. The molecule has 21 heavy (non-hydrogen) atoms. The highest BCUT2D eigenvalue weighted by Gasteiger charge is 2.15. The molecular formula is C16H13Cl3O2. The molecule has 0 atom stereocenters. The van der Waals surface area contributed by atoms with E-state index >= 15 is 0 Å². The fourth-order valence-electron chi connectivity index (χ4n) is 2.03. The summed E-state index contributed by atoms with van der Waals surface area (Å²) in [4.78, 5) is 0. The number of ether oxygens (including phenoxy) is 1. The number of benzene rings is 2. The van der Waals surface area contributed by atoms with Crippen LogP contribution in [-0.2, 0) is 4.74 Å². The van der Waals surface area contributed by atoms with Gasteiger partial charge in [-0.05, 0) is 36.4 Å². The van der Waals surface area contributed by atoms with Crippen LogP contribution in [0.1, 0.15) is 11.1 Å². The average molecular weight is 344 g/mol. The van der Waals surface area contributed by atoms with E-state index in [0.29, 0.717) is 32.0 Å². The lowest BCUT2D eigenvalue weighted by Crippen LogP contribution is -1.99. The standard InChI is InChI=1S/C16H13Cl3O2/c1-21-16(10-2-4-11(17)5-3-10)14(9-20)13-7-6-12(18)8-15(13)19/h2-8,20H,9H2,1H3. The number of halogens is 3. The quantitative estimate of drug-likeness (QED) is 0.614. The SMILES string of the molecule is COC(=C(CO)c1ccc(Cl)cc1Cl)c1ccc(Cl)cc1. The van der Waals surface area contributed by atoms with Crippen LogP contribution in [0.5, 0.6) is 0 Å². The fraction of sp³-hybridized carbons (Fsp3) is 0.125. The lowest BCUT2D eigenvalue weighted by Gasteiger charge is -2.15. The molecule has 0 saturated carbocycles. The van der Waals surface area contributed by atoms with Gasteiger partial charge in [0, 0.05) is 31.8 Å². The fourth-order valence-corrected chi connectivity index (χ4v) is 2.68. The van der Waals surface area contributed by atoms with Gasteiger partial charge < -0.3 is 9.84 Å². The number of aliphatic hydroxyl groups is 1. The van der Waals surface area contributed by atoms with Crippen molar-refractivity contribution in [1.29, 1.82) is 0 Å². The molecule has 0 aliphatic heterocycles. The van der Waals surface area contributed by atoms with Gasteiger partial charge in [0.1, 0.15) is 5.76 Å². The minimum absolute atomic E-state index is 0.215. The van der Waals surface area contributed by atoms with E-state index in [2.05, 4.69) is 0 Å². The third-order valence-electron chi connectivity index (χ3n) is 3.00. The highest BCUT2D eigenvalue weighted by Crippen LogP contribution is 2.32. The van der Waals surface area contributed by atoms with Crippen molar-refractivity contribution in [3.05, 3.63) is 68.7 Å². The van der Waals surface area contributed by atoms with Gasteiger partial charge in [-0.25, -0.2) is 0 Å². The van der Waals surface area contributed by atoms with E-state index < -0.39 is 0 Å². The molecule has 2 rings (SSSR count). The zero-order chi connectivity index (χ0) is 15.4. The van der Waals surface area contributed by atoms with Crippen molar-refractivity contribution in [2.45, 2.75) is 0 Å². The minimum atomic E-state index is -0.215. The first-order valence-corrected chi connectivity index (χ1v) is 7.29. The van der Waals surface area contributed by atoms with Crippen LogP contribution >= 0.6 is 34.8 Å². The number of methoxy groups -OCH3 is 1. The molecule has 0 radical (unpaired) electrons. The second-order valence-corrected chi connectivity index (χ2v) is 5.58. The Morgan fingerprint density at radius 2 is 1.62 bits per heavy atom. The topological polar surface area (TPSA) is 29.5 Å². The van der Waals surface area contributed by atoms with E-state index in [1.165, 1.54) is 0 Å². The lowest BCUT2D eigenvalue weighted by atomic mass is 10.0. The van der Waals surface area contributed by atoms with Crippen LogP contribution in [-0.4, -0.2) is 18.8 Å². The Kier molecular flexibility index (Phi) is 5.54. The van der Waals surface area contributed by atoms with E-state index in [-0.39, 0.29) is 6.61 Å². The van der Waals surface area contributed by atoms with Crippen molar-refractivity contribution in [3.63, 3.8) is 0 Å². The number of aliphatic hydroxyl groups excluding tert-OH is 1. The maximum atomic E-state index is 9.74. The van der Waals surface area contributed by atoms with Crippen LogP contribution in [0.3, 0.4) is 0 Å². The van der Waals surface area contributed by atoms with Crippen molar-refractivity contribution < 1.29 is 9.84 Å². The van der Waals surface area contributed by atoms with Crippen molar-refractivity contribution in [2.24, 2.45) is 0 Å². The van der Waals surface area contributed by atoms with Gasteiger partial charge in [0.15, 0.2) is 0 Å². The maximum Gasteiger partial charge on any atom is 0.132 e. The van der Waals surface area contributed by atoms with Crippen LogP contribution < -0.4 is 0 Å². The minimum Gasteiger partial charge on any atom is -0.496 e. The maximum absolute atomic E-state index is 9.74. The summed E-state index contributed by atoms with van der Waals surface area (Å²) in [6.07, 6.45) is 0. The third kappa shape index (κ3) is 3.72. The predicted octanol–water partition coefficient (Wildman–Crippen LogP) is 5.15. The van der Waals surface area contributed by atoms with Gasteiger partial charge in [-0.1, -0.05) is 40.9 Å². The summed E-state index contributed by atoms with van der Waals surface area (Å²) in [5.41, 5.74) is 2.06. The van der Waals surface area contributed by atoms with Gasteiger partial charge in [-0.15, -0.1) is 0 Å². The summed E-state index contributed by atoms with van der Waals surface area (Å²) in [5, 5.41) is 11.4. The largest absolute Gasteiger partial charge is 0.496 e. The monoisotopic (exact) mass is 342 g/mol. The molecule has 0 spiro atoms. The van der Waals surface area contributed by atoms with Gasteiger partial charge >= 0.3 is 0 Å². The van der Waals surface area contributed by atoms with Crippen molar-refractivity contribution in [1.82, 2.24) is 0 Å². The summed E-state index contributed by atoms with van der Waals surface area (Å²) in [6, 6.07) is 12.3. The molecule has 0 fully saturated rings. The van der Waals surface area contributed by atoms with E-state index in [0.717, 1.165) is 5.56 Å². The normalized spacial score (nSPS) is 12.0. The first-order chi connectivity index (χ1) is 10.1. The third-order valence-corrected chi connectivity index (χ3v) is 3.80. The Morgan fingerprint density at radius 1 is 1.00 bits per heavy atom.